The fourth-order valence-electron chi connectivity index (χ4n) is 1.64. The van der Waals surface area contributed by atoms with Gasteiger partial charge in [-0.1, -0.05) is 17.7 Å². The van der Waals surface area contributed by atoms with E-state index < -0.39 is 10.4 Å². The molecule has 6 heteroatoms. The highest BCUT2D eigenvalue weighted by Gasteiger charge is 2.14. The molecule has 0 saturated carbocycles. The maximum absolute atomic E-state index is 11.0. The quantitative estimate of drug-likeness (QED) is 0.767. The number of aryl methyl sites for hydroxylation is 3. The van der Waals surface area contributed by atoms with E-state index in [1.807, 2.05) is 32.9 Å². The Morgan fingerprint density at radius 2 is 1.76 bits per heavy atom. The fraction of sp³-hybridized carbons (Fsp3) is 0.364. The van der Waals surface area contributed by atoms with Crippen molar-refractivity contribution in [2.24, 2.45) is 0 Å². The molecule has 92 valence electrons. The summed E-state index contributed by atoms with van der Waals surface area (Å²) in [6.07, 6.45) is 1.07. The van der Waals surface area contributed by atoms with E-state index >= 15 is 0 Å². The topological polar surface area (TPSA) is 76.4 Å². The SMILES string of the molecule is Cc1cc(C)c(COS(=O)(=O)OC#N)c(C)c1. The lowest BCUT2D eigenvalue weighted by molar-refractivity contribution is 0.254. The minimum Gasteiger partial charge on any atom is -0.281 e. The third-order valence-electron chi connectivity index (χ3n) is 2.33. The van der Waals surface area contributed by atoms with E-state index in [1.165, 1.54) is 0 Å². The predicted molar refractivity (Wildman–Crippen MR) is 61.1 cm³/mol. The normalized spacial score (nSPS) is 10.9. The number of nitriles is 1. The van der Waals surface area contributed by atoms with E-state index in [1.54, 1.807) is 0 Å². The van der Waals surface area contributed by atoms with Gasteiger partial charge >= 0.3 is 16.7 Å². The molecule has 0 spiro atoms. The van der Waals surface area contributed by atoms with E-state index in [4.69, 9.17) is 5.26 Å². The second kappa shape index (κ2) is 5.17. The summed E-state index contributed by atoms with van der Waals surface area (Å²) in [5.74, 6) is 0. The van der Waals surface area contributed by atoms with Crippen molar-refractivity contribution < 1.29 is 16.8 Å². The molecule has 0 unspecified atom stereocenters. The molecule has 0 aliphatic heterocycles. The van der Waals surface area contributed by atoms with Crippen molar-refractivity contribution in [3.05, 3.63) is 34.4 Å². The molecule has 5 nitrogen and oxygen atoms in total. The molecule has 0 aliphatic carbocycles. The molecule has 0 N–H and O–H groups in total. The van der Waals surface area contributed by atoms with Crippen LogP contribution in [0.2, 0.25) is 0 Å². The van der Waals surface area contributed by atoms with Crippen LogP contribution in [0.3, 0.4) is 0 Å². The first kappa shape index (κ1) is 13.5. The summed E-state index contributed by atoms with van der Waals surface area (Å²) >= 11 is 0. The van der Waals surface area contributed by atoms with Crippen molar-refractivity contribution in [3.8, 4) is 6.26 Å². The zero-order valence-electron chi connectivity index (χ0n) is 9.85. The molecule has 0 bridgehead atoms. The van der Waals surface area contributed by atoms with E-state index in [9.17, 15) is 8.42 Å². The first-order valence-corrected chi connectivity index (χ1v) is 6.22. The third kappa shape index (κ3) is 3.73. The number of hydrogen-bond acceptors (Lipinski definition) is 5. The molecule has 0 saturated heterocycles. The smallest absolute Gasteiger partial charge is 0.281 e. The van der Waals surface area contributed by atoms with Gasteiger partial charge in [-0.05, 0) is 37.5 Å². The average molecular weight is 255 g/mol. The molecule has 0 aromatic heterocycles. The van der Waals surface area contributed by atoms with E-state index in [-0.39, 0.29) is 6.61 Å². The highest BCUT2D eigenvalue weighted by atomic mass is 32.3. The van der Waals surface area contributed by atoms with Gasteiger partial charge in [-0.25, -0.2) is 4.18 Å². The van der Waals surface area contributed by atoms with E-state index in [2.05, 4.69) is 8.37 Å². The minimum absolute atomic E-state index is 0.137. The lowest BCUT2D eigenvalue weighted by Gasteiger charge is -2.10. The van der Waals surface area contributed by atoms with Crippen molar-refractivity contribution in [3.63, 3.8) is 0 Å². The van der Waals surface area contributed by atoms with Crippen LogP contribution in [0, 0.1) is 32.3 Å². The average Bonchev–Trinajstić information content (AvgIpc) is 2.15. The lowest BCUT2D eigenvalue weighted by atomic mass is 10.0. The van der Waals surface area contributed by atoms with Crippen LogP contribution >= 0.6 is 0 Å². The summed E-state index contributed by atoms with van der Waals surface area (Å²) in [4.78, 5) is 0. The minimum atomic E-state index is -4.23. The zero-order chi connectivity index (χ0) is 13.1. The Hall–Kier alpha value is -1.58. The molecule has 1 rings (SSSR count). The van der Waals surface area contributed by atoms with Gasteiger partial charge in [0.25, 0.3) is 0 Å². The maximum Gasteiger partial charge on any atom is 0.459 e. The van der Waals surface area contributed by atoms with Crippen LogP contribution in [0.5, 0.6) is 0 Å². The first-order valence-electron chi connectivity index (χ1n) is 4.89. The van der Waals surface area contributed by atoms with Crippen molar-refractivity contribution in [2.45, 2.75) is 27.4 Å². The molecule has 0 amide bonds. The summed E-state index contributed by atoms with van der Waals surface area (Å²) in [7, 11) is -4.23. The lowest BCUT2D eigenvalue weighted by Crippen LogP contribution is -2.08. The molecule has 0 fully saturated rings. The van der Waals surface area contributed by atoms with Gasteiger partial charge in [0.1, 0.15) is 0 Å². The van der Waals surface area contributed by atoms with Crippen LogP contribution in [0.4, 0.5) is 0 Å². The molecule has 0 atom stereocenters. The number of nitrogens with zero attached hydrogens (tertiary/aromatic N) is 1. The van der Waals surface area contributed by atoms with Gasteiger partial charge in [-0.15, -0.1) is 5.26 Å². The molecule has 0 radical (unpaired) electrons. The van der Waals surface area contributed by atoms with Crippen molar-refractivity contribution in [1.29, 1.82) is 5.26 Å². The fourth-order valence-corrected chi connectivity index (χ4v) is 2.04. The standard InChI is InChI=1S/C11H13NO4S/c1-8-4-9(2)11(10(3)5-8)6-15-17(13,14)16-7-12/h4-5H,6H2,1-3H3. The van der Waals surface area contributed by atoms with Crippen LogP contribution in [-0.2, 0) is 25.4 Å². The number of hydrogen-bond donors (Lipinski definition) is 0. The van der Waals surface area contributed by atoms with Gasteiger partial charge in [0.15, 0.2) is 0 Å². The summed E-state index contributed by atoms with van der Waals surface area (Å²) in [5.41, 5.74) is 3.75. The largest absolute Gasteiger partial charge is 0.459 e. The molecular weight excluding hydrogens is 242 g/mol. The highest BCUT2D eigenvalue weighted by Crippen LogP contribution is 2.18. The molecule has 1 aromatic carbocycles. The Bertz CT molecular complexity index is 534. The Morgan fingerprint density at radius 3 is 2.24 bits per heavy atom. The summed E-state index contributed by atoms with van der Waals surface area (Å²) in [5, 5.41) is 8.11. The van der Waals surface area contributed by atoms with Crippen LogP contribution in [-0.4, -0.2) is 8.42 Å². The van der Waals surface area contributed by atoms with Gasteiger partial charge in [-0.2, -0.15) is 8.42 Å². The van der Waals surface area contributed by atoms with Gasteiger partial charge in [0, 0.05) is 0 Å². The number of rotatable bonds is 4. The monoisotopic (exact) mass is 255 g/mol. The van der Waals surface area contributed by atoms with Crippen LogP contribution in [0.25, 0.3) is 0 Å². The summed E-state index contributed by atoms with van der Waals surface area (Å²) < 4.78 is 30.4. The molecule has 0 aliphatic rings. The first-order chi connectivity index (χ1) is 7.85. The van der Waals surface area contributed by atoms with E-state index in [0.717, 1.165) is 28.5 Å². The Kier molecular flexibility index (Phi) is 4.10. The maximum atomic E-state index is 11.0. The molecule has 1 aromatic rings. The van der Waals surface area contributed by atoms with Crippen LogP contribution in [0.15, 0.2) is 12.1 Å². The van der Waals surface area contributed by atoms with Gasteiger partial charge in [0.2, 0.25) is 0 Å². The molecule has 17 heavy (non-hydrogen) atoms. The summed E-state index contributed by atoms with van der Waals surface area (Å²) in [6, 6.07) is 3.87. The van der Waals surface area contributed by atoms with E-state index in [0.29, 0.717) is 0 Å². The van der Waals surface area contributed by atoms with Crippen molar-refractivity contribution in [1.82, 2.24) is 0 Å². The Morgan fingerprint density at radius 1 is 1.24 bits per heavy atom. The Labute approximate surface area is 101 Å². The van der Waals surface area contributed by atoms with Crippen LogP contribution in [0.1, 0.15) is 22.3 Å². The van der Waals surface area contributed by atoms with Gasteiger partial charge in [0.05, 0.1) is 6.61 Å². The zero-order valence-corrected chi connectivity index (χ0v) is 10.7. The second-order valence-electron chi connectivity index (χ2n) is 3.72. The predicted octanol–water partition coefficient (Wildman–Crippen LogP) is 1.87. The molecule has 0 heterocycles. The Balaban J connectivity index is 2.88. The van der Waals surface area contributed by atoms with Crippen LogP contribution < -0.4 is 0 Å². The second-order valence-corrected chi connectivity index (χ2v) is 4.94. The number of benzene rings is 1. The molecular formula is C11H13NO4S. The van der Waals surface area contributed by atoms with Crippen molar-refractivity contribution >= 4 is 10.4 Å². The van der Waals surface area contributed by atoms with Crippen molar-refractivity contribution in [2.75, 3.05) is 0 Å². The third-order valence-corrected chi connectivity index (χ3v) is 3.01. The summed E-state index contributed by atoms with van der Waals surface area (Å²) in [6.45, 7) is 5.56. The highest BCUT2D eigenvalue weighted by molar-refractivity contribution is 7.82. The van der Waals surface area contributed by atoms with Gasteiger partial charge in [-0.3, -0.25) is 4.18 Å². The van der Waals surface area contributed by atoms with Gasteiger partial charge < -0.3 is 0 Å².